The molecule has 0 fully saturated rings. The summed E-state index contributed by atoms with van der Waals surface area (Å²) in [4.78, 5) is 25.0. The van der Waals surface area contributed by atoms with E-state index in [4.69, 9.17) is 10.2 Å². The molecule has 0 radical (unpaired) electrons. The van der Waals surface area contributed by atoms with Crippen LogP contribution in [0.4, 0.5) is 5.82 Å². The van der Waals surface area contributed by atoms with Gasteiger partial charge in [-0.3, -0.25) is 4.79 Å². The van der Waals surface area contributed by atoms with E-state index in [-0.39, 0.29) is 24.3 Å². The molecule has 3 N–H and O–H groups in total. The molecular weight excluding hydrogens is 280 g/mol. The molecule has 0 amide bonds. The van der Waals surface area contributed by atoms with Gasteiger partial charge in [0.2, 0.25) is 0 Å². The number of aromatic nitrogens is 1. The standard InChI is InChI=1S/C9H9BrN2O4/c10-5-3-6(9(15)16)8(12-4-5)11-2-1-7(13)14/h3-4H,1-2H2,(H,11,12)(H,13,14)(H,15,16). The van der Waals surface area contributed by atoms with Gasteiger partial charge < -0.3 is 15.5 Å². The lowest BCUT2D eigenvalue weighted by molar-refractivity contribution is -0.136. The average molecular weight is 289 g/mol. The summed E-state index contributed by atoms with van der Waals surface area (Å²) in [6, 6.07) is 1.40. The zero-order chi connectivity index (χ0) is 12.1. The van der Waals surface area contributed by atoms with Crippen molar-refractivity contribution in [2.45, 2.75) is 6.42 Å². The van der Waals surface area contributed by atoms with Gasteiger partial charge in [0.1, 0.15) is 11.4 Å². The number of carbonyl (C=O) groups is 2. The molecule has 1 rings (SSSR count). The molecule has 1 aromatic rings. The Bertz CT molecular complexity index is 422. The van der Waals surface area contributed by atoms with Crippen molar-refractivity contribution in [2.75, 3.05) is 11.9 Å². The number of carboxylic acids is 2. The predicted octanol–water partition coefficient (Wildman–Crippen LogP) is 1.43. The van der Waals surface area contributed by atoms with Crippen LogP contribution in [-0.2, 0) is 4.79 Å². The van der Waals surface area contributed by atoms with Gasteiger partial charge in [-0.1, -0.05) is 0 Å². The number of carboxylic acid groups (broad SMARTS) is 2. The highest BCUT2D eigenvalue weighted by molar-refractivity contribution is 9.10. The number of hydrogen-bond acceptors (Lipinski definition) is 4. The summed E-state index contributed by atoms with van der Waals surface area (Å²) in [6.07, 6.45) is 1.34. The van der Waals surface area contributed by atoms with Gasteiger partial charge in [-0.2, -0.15) is 0 Å². The number of rotatable bonds is 5. The Hall–Kier alpha value is -1.63. The molecule has 0 aliphatic rings. The number of halogens is 1. The number of aliphatic carboxylic acids is 1. The molecule has 0 spiro atoms. The Morgan fingerprint density at radius 3 is 2.69 bits per heavy atom. The summed E-state index contributed by atoms with van der Waals surface area (Å²) in [7, 11) is 0. The van der Waals surface area contributed by atoms with Crippen LogP contribution in [-0.4, -0.2) is 33.7 Å². The van der Waals surface area contributed by atoms with Crippen molar-refractivity contribution >= 4 is 33.7 Å². The first-order valence-electron chi connectivity index (χ1n) is 4.35. The van der Waals surface area contributed by atoms with E-state index in [9.17, 15) is 9.59 Å². The first-order valence-corrected chi connectivity index (χ1v) is 5.14. The van der Waals surface area contributed by atoms with Gasteiger partial charge in [0.15, 0.2) is 0 Å². The summed E-state index contributed by atoms with van der Waals surface area (Å²) >= 11 is 3.11. The Balaban J connectivity index is 2.78. The van der Waals surface area contributed by atoms with E-state index in [2.05, 4.69) is 26.2 Å². The maximum absolute atomic E-state index is 10.9. The fourth-order valence-electron chi connectivity index (χ4n) is 1.03. The van der Waals surface area contributed by atoms with E-state index in [1.807, 2.05) is 0 Å². The van der Waals surface area contributed by atoms with Crippen LogP contribution in [0, 0.1) is 0 Å². The molecule has 1 heterocycles. The molecule has 0 aromatic carbocycles. The summed E-state index contributed by atoms with van der Waals surface area (Å²) in [6.45, 7) is 0.129. The lowest BCUT2D eigenvalue weighted by Gasteiger charge is -2.07. The van der Waals surface area contributed by atoms with Gasteiger partial charge in [-0.15, -0.1) is 0 Å². The van der Waals surface area contributed by atoms with Gasteiger partial charge in [0.25, 0.3) is 0 Å². The van der Waals surface area contributed by atoms with Crippen molar-refractivity contribution in [1.82, 2.24) is 4.98 Å². The molecule has 0 bridgehead atoms. The molecule has 0 unspecified atom stereocenters. The normalized spacial score (nSPS) is 9.81. The van der Waals surface area contributed by atoms with Crippen LogP contribution in [0.5, 0.6) is 0 Å². The quantitative estimate of drug-likeness (QED) is 0.758. The summed E-state index contributed by atoms with van der Waals surface area (Å²) < 4.78 is 0.550. The van der Waals surface area contributed by atoms with Gasteiger partial charge in [-0.05, 0) is 22.0 Å². The molecule has 0 saturated carbocycles. The number of nitrogens with one attached hydrogen (secondary N) is 1. The van der Waals surface area contributed by atoms with Crippen molar-refractivity contribution < 1.29 is 19.8 Å². The molecule has 7 heteroatoms. The molecule has 1 aromatic heterocycles. The monoisotopic (exact) mass is 288 g/mol. The molecule has 0 saturated heterocycles. The van der Waals surface area contributed by atoms with Gasteiger partial charge in [0.05, 0.1) is 6.42 Å². The summed E-state index contributed by atoms with van der Waals surface area (Å²) in [5, 5.41) is 20.0. The van der Waals surface area contributed by atoms with Crippen LogP contribution in [0.25, 0.3) is 0 Å². The van der Waals surface area contributed by atoms with Gasteiger partial charge in [-0.25, -0.2) is 9.78 Å². The first-order chi connectivity index (χ1) is 7.50. The molecule has 16 heavy (non-hydrogen) atoms. The Labute approximate surface area is 99.4 Å². The fraction of sp³-hybridized carbons (Fsp3) is 0.222. The Morgan fingerprint density at radius 1 is 1.44 bits per heavy atom. The lowest BCUT2D eigenvalue weighted by Crippen LogP contribution is -2.12. The van der Waals surface area contributed by atoms with E-state index in [0.717, 1.165) is 0 Å². The highest BCUT2D eigenvalue weighted by Gasteiger charge is 2.11. The van der Waals surface area contributed by atoms with Crippen LogP contribution in [0.1, 0.15) is 16.8 Å². The van der Waals surface area contributed by atoms with Gasteiger partial charge in [0, 0.05) is 17.2 Å². The number of pyridine rings is 1. The van der Waals surface area contributed by atoms with E-state index >= 15 is 0 Å². The third-order valence-electron chi connectivity index (χ3n) is 1.72. The summed E-state index contributed by atoms with van der Waals surface area (Å²) in [5.41, 5.74) is -0.000219. The fourth-order valence-corrected chi connectivity index (χ4v) is 1.36. The lowest BCUT2D eigenvalue weighted by atomic mass is 10.2. The zero-order valence-electron chi connectivity index (χ0n) is 8.11. The van der Waals surface area contributed by atoms with Crippen LogP contribution >= 0.6 is 15.9 Å². The average Bonchev–Trinajstić information content (AvgIpc) is 2.19. The number of aromatic carboxylic acids is 1. The maximum atomic E-state index is 10.9. The SMILES string of the molecule is O=C(O)CCNc1ncc(Br)cc1C(=O)O. The maximum Gasteiger partial charge on any atom is 0.339 e. The zero-order valence-corrected chi connectivity index (χ0v) is 9.69. The second kappa shape index (κ2) is 5.45. The van der Waals surface area contributed by atoms with Crippen molar-refractivity contribution in [3.63, 3.8) is 0 Å². The minimum atomic E-state index is -1.12. The molecule has 0 atom stereocenters. The van der Waals surface area contributed by atoms with E-state index in [1.165, 1.54) is 12.3 Å². The highest BCUT2D eigenvalue weighted by Crippen LogP contribution is 2.17. The van der Waals surface area contributed by atoms with Crippen LogP contribution in [0.2, 0.25) is 0 Å². The third-order valence-corrected chi connectivity index (χ3v) is 2.15. The van der Waals surface area contributed by atoms with Crippen molar-refractivity contribution in [1.29, 1.82) is 0 Å². The van der Waals surface area contributed by atoms with Crippen LogP contribution < -0.4 is 5.32 Å². The molecule has 0 aliphatic carbocycles. The smallest absolute Gasteiger partial charge is 0.339 e. The second-order valence-corrected chi connectivity index (χ2v) is 3.84. The van der Waals surface area contributed by atoms with E-state index < -0.39 is 11.9 Å². The molecular formula is C9H9BrN2O4. The summed E-state index contributed by atoms with van der Waals surface area (Å²) in [5.74, 6) is -1.91. The number of hydrogen-bond donors (Lipinski definition) is 3. The predicted molar refractivity (Wildman–Crippen MR) is 59.6 cm³/mol. The largest absolute Gasteiger partial charge is 0.481 e. The highest BCUT2D eigenvalue weighted by atomic mass is 79.9. The third kappa shape index (κ3) is 3.50. The molecule has 6 nitrogen and oxygen atoms in total. The van der Waals surface area contributed by atoms with Crippen molar-refractivity contribution in [2.24, 2.45) is 0 Å². The van der Waals surface area contributed by atoms with E-state index in [1.54, 1.807) is 0 Å². The van der Waals surface area contributed by atoms with Crippen LogP contribution in [0.3, 0.4) is 0 Å². The van der Waals surface area contributed by atoms with Gasteiger partial charge >= 0.3 is 11.9 Å². The number of nitrogens with zero attached hydrogens (tertiary/aromatic N) is 1. The molecule has 0 aliphatic heterocycles. The molecule has 86 valence electrons. The van der Waals surface area contributed by atoms with Crippen molar-refractivity contribution in [3.05, 3.63) is 22.3 Å². The van der Waals surface area contributed by atoms with E-state index in [0.29, 0.717) is 4.47 Å². The second-order valence-electron chi connectivity index (χ2n) is 2.93. The minimum absolute atomic E-state index is 0.000219. The number of anilines is 1. The Morgan fingerprint density at radius 2 is 2.12 bits per heavy atom. The van der Waals surface area contributed by atoms with Crippen molar-refractivity contribution in [3.8, 4) is 0 Å². The minimum Gasteiger partial charge on any atom is -0.481 e. The first kappa shape index (κ1) is 12.4. The topological polar surface area (TPSA) is 99.5 Å². The Kier molecular flexibility index (Phi) is 4.24. The van der Waals surface area contributed by atoms with Crippen LogP contribution in [0.15, 0.2) is 16.7 Å².